The van der Waals surface area contributed by atoms with E-state index in [1.54, 1.807) is 0 Å². The molecular formula is C11H20N4O. The minimum absolute atomic E-state index is 0.0829. The molecule has 90 valence electrons. The first-order valence-electron chi connectivity index (χ1n) is 5.91. The van der Waals surface area contributed by atoms with Crippen molar-refractivity contribution in [2.24, 2.45) is 5.73 Å². The molecule has 0 aromatic carbocycles. The Morgan fingerprint density at radius 2 is 2.44 bits per heavy atom. The van der Waals surface area contributed by atoms with Gasteiger partial charge in [-0.25, -0.2) is 0 Å². The first-order valence-corrected chi connectivity index (χ1v) is 5.91. The van der Waals surface area contributed by atoms with Crippen LogP contribution in [0.4, 0.5) is 0 Å². The van der Waals surface area contributed by atoms with Crippen LogP contribution in [0.15, 0.2) is 4.52 Å². The summed E-state index contributed by atoms with van der Waals surface area (Å²) < 4.78 is 5.31. The zero-order valence-corrected chi connectivity index (χ0v) is 10.0. The van der Waals surface area contributed by atoms with Crippen LogP contribution >= 0.6 is 0 Å². The van der Waals surface area contributed by atoms with Crippen LogP contribution in [-0.4, -0.2) is 41.2 Å². The summed E-state index contributed by atoms with van der Waals surface area (Å²) in [7, 11) is 2.13. The van der Waals surface area contributed by atoms with Gasteiger partial charge in [0.25, 0.3) is 0 Å². The summed E-state index contributed by atoms with van der Waals surface area (Å²) in [4.78, 5) is 6.73. The lowest BCUT2D eigenvalue weighted by Gasteiger charge is -2.27. The normalized spacial score (nSPS) is 24.6. The third-order valence-corrected chi connectivity index (χ3v) is 2.96. The van der Waals surface area contributed by atoms with Crippen molar-refractivity contribution in [2.75, 3.05) is 20.1 Å². The molecule has 2 atom stereocenters. The quantitative estimate of drug-likeness (QED) is 0.821. The van der Waals surface area contributed by atoms with Crippen molar-refractivity contribution in [3.63, 3.8) is 0 Å². The molecule has 0 saturated carbocycles. The summed E-state index contributed by atoms with van der Waals surface area (Å²) in [6, 6.07) is 0.0829. The minimum atomic E-state index is 0.0829. The van der Waals surface area contributed by atoms with E-state index < -0.39 is 0 Å². The van der Waals surface area contributed by atoms with E-state index in [9.17, 15) is 0 Å². The molecule has 1 aromatic rings. The highest BCUT2D eigenvalue weighted by Gasteiger charge is 2.24. The van der Waals surface area contributed by atoms with Crippen molar-refractivity contribution in [1.82, 2.24) is 15.0 Å². The van der Waals surface area contributed by atoms with Gasteiger partial charge >= 0.3 is 0 Å². The summed E-state index contributed by atoms with van der Waals surface area (Å²) in [6.07, 6.45) is 3.03. The van der Waals surface area contributed by atoms with Crippen LogP contribution in [0.1, 0.15) is 37.4 Å². The van der Waals surface area contributed by atoms with Crippen LogP contribution in [0.5, 0.6) is 0 Å². The molecule has 16 heavy (non-hydrogen) atoms. The maximum atomic E-state index is 5.70. The SMILES string of the molecule is CC(N)Cc1noc(C2CCCN(C)C2)n1. The van der Waals surface area contributed by atoms with E-state index >= 15 is 0 Å². The summed E-state index contributed by atoms with van der Waals surface area (Å²) in [5, 5.41) is 3.97. The second kappa shape index (κ2) is 4.93. The molecule has 2 N–H and O–H groups in total. The Bertz CT molecular complexity index is 336. The van der Waals surface area contributed by atoms with Crippen LogP contribution in [0.25, 0.3) is 0 Å². The van der Waals surface area contributed by atoms with Crippen molar-refractivity contribution in [3.05, 3.63) is 11.7 Å². The maximum Gasteiger partial charge on any atom is 0.231 e. The standard InChI is InChI=1S/C11H20N4O/c1-8(12)6-10-13-11(16-14-10)9-4-3-5-15(2)7-9/h8-9H,3-7,12H2,1-2H3. The molecule has 0 spiro atoms. The van der Waals surface area contributed by atoms with E-state index in [1.165, 1.54) is 6.42 Å². The Morgan fingerprint density at radius 3 is 3.12 bits per heavy atom. The average Bonchev–Trinajstić information content (AvgIpc) is 2.65. The average molecular weight is 224 g/mol. The van der Waals surface area contributed by atoms with Gasteiger partial charge in [0.1, 0.15) is 0 Å². The lowest BCUT2D eigenvalue weighted by Crippen LogP contribution is -2.31. The molecule has 1 aromatic heterocycles. The Labute approximate surface area is 96.0 Å². The predicted molar refractivity (Wildman–Crippen MR) is 61.1 cm³/mol. The molecule has 5 nitrogen and oxygen atoms in total. The van der Waals surface area contributed by atoms with E-state index in [0.29, 0.717) is 12.3 Å². The van der Waals surface area contributed by atoms with Crippen LogP contribution in [-0.2, 0) is 6.42 Å². The summed E-state index contributed by atoms with van der Waals surface area (Å²) in [5.41, 5.74) is 5.70. The zero-order chi connectivity index (χ0) is 11.5. The molecule has 2 unspecified atom stereocenters. The topological polar surface area (TPSA) is 68.2 Å². The second-order valence-corrected chi connectivity index (χ2v) is 4.83. The number of hydrogen-bond acceptors (Lipinski definition) is 5. The number of nitrogens with zero attached hydrogens (tertiary/aromatic N) is 3. The number of hydrogen-bond donors (Lipinski definition) is 1. The highest BCUT2D eigenvalue weighted by molar-refractivity contribution is 4.97. The van der Waals surface area contributed by atoms with Crippen molar-refractivity contribution in [2.45, 2.75) is 38.1 Å². The Kier molecular flexibility index (Phi) is 3.56. The molecule has 1 aliphatic heterocycles. The fourth-order valence-corrected chi connectivity index (χ4v) is 2.17. The van der Waals surface area contributed by atoms with Gasteiger partial charge in [0, 0.05) is 19.0 Å². The fraction of sp³-hybridized carbons (Fsp3) is 0.818. The highest BCUT2D eigenvalue weighted by Crippen LogP contribution is 2.24. The van der Waals surface area contributed by atoms with Crippen molar-refractivity contribution < 1.29 is 4.52 Å². The van der Waals surface area contributed by atoms with Crippen LogP contribution < -0.4 is 5.73 Å². The van der Waals surface area contributed by atoms with Crippen molar-refractivity contribution in [1.29, 1.82) is 0 Å². The second-order valence-electron chi connectivity index (χ2n) is 4.83. The van der Waals surface area contributed by atoms with Crippen LogP contribution in [0, 0.1) is 0 Å². The smallest absolute Gasteiger partial charge is 0.231 e. The van der Waals surface area contributed by atoms with Crippen LogP contribution in [0.3, 0.4) is 0 Å². The van der Waals surface area contributed by atoms with Crippen molar-refractivity contribution in [3.8, 4) is 0 Å². The van der Waals surface area contributed by atoms with Gasteiger partial charge in [-0.2, -0.15) is 4.98 Å². The minimum Gasteiger partial charge on any atom is -0.339 e. The van der Waals surface area contributed by atoms with Gasteiger partial charge < -0.3 is 15.2 Å². The zero-order valence-electron chi connectivity index (χ0n) is 10.0. The lowest BCUT2D eigenvalue weighted by molar-refractivity contribution is 0.220. The number of likely N-dealkylation sites (N-methyl/N-ethyl adjacent to an activating group) is 1. The lowest BCUT2D eigenvalue weighted by atomic mass is 9.98. The van der Waals surface area contributed by atoms with E-state index in [0.717, 1.165) is 31.2 Å². The maximum absolute atomic E-state index is 5.70. The van der Waals surface area contributed by atoms with Gasteiger partial charge in [-0.3, -0.25) is 0 Å². The van der Waals surface area contributed by atoms with E-state index in [2.05, 4.69) is 22.1 Å². The number of piperidine rings is 1. The van der Waals surface area contributed by atoms with E-state index in [1.807, 2.05) is 6.92 Å². The molecule has 1 fully saturated rings. The molecule has 0 amide bonds. The van der Waals surface area contributed by atoms with Gasteiger partial charge in [-0.15, -0.1) is 0 Å². The van der Waals surface area contributed by atoms with E-state index in [-0.39, 0.29) is 6.04 Å². The molecule has 2 rings (SSSR count). The molecule has 2 heterocycles. The monoisotopic (exact) mass is 224 g/mol. The predicted octanol–water partition coefficient (Wildman–Crippen LogP) is 0.768. The van der Waals surface area contributed by atoms with Gasteiger partial charge in [-0.1, -0.05) is 5.16 Å². The van der Waals surface area contributed by atoms with Gasteiger partial charge in [0.2, 0.25) is 5.89 Å². The van der Waals surface area contributed by atoms with Gasteiger partial charge in [0.15, 0.2) is 5.82 Å². The van der Waals surface area contributed by atoms with Gasteiger partial charge in [0.05, 0.1) is 5.92 Å². The Hall–Kier alpha value is -0.940. The first kappa shape index (κ1) is 11.5. The van der Waals surface area contributed by atoms with E-state index in [4.69, 9.17) is 10.3 Å². The third kappa shape index (κ3) is 2.80. The highest BCUT2D eigenvalue weighted by atomic mass is 16.5. The molecule has 5 heteroatoms. The number of rotatable bonds is 3. The molecule has 1 saturated heterocycles. The molecule has 0 radical (unpaired) electrons. The summed E-state index contributed by atoms with van der Waals surface area (Å²) in [6.45, 7) is 4.13. The number of aromatic nitrogens is 2. The largest absolute Gasteiger partial charge is 0.339 e. The number of nitrogens with two attached hydrogens (primary N) is 1. The van der Waals surface area contributed by atoms with Crippen molar-refractivity contribution >= 4 is 0 Å². The summed E-state index contributed by atoms with van der Waals surface area (Å²) in [5.74, 6) is 1.91. The molecular weight excluding hydrogens is 204 g/mol. The molecule has 1 aliphatic rings. The van der Waals surface area contributed by atoms with Crippen LogP contribution in [0.2, 0.25) is 0 Å². The molecule has 0 aliphatic carbocycles. The first-order chi connectivity index (χ1) is 7.65. The Balaban J connectivity index is 2.00. The molecule has 0 bridgehead atoms. The fourth-order valence-electron chi connectivity index (χ4n) is 2.17. The third-order valence-electron chi connectivity index (χ3n) is 2.96. The number of likely N-dealkylation sites (tertiary alicyclic amines) is 1. The van der Waals surface area contributed by atoms with Gasteiger partial charge in [-0.05, 0) is 33.4 Å². The Morgan fingerprint density at radius 1 is 1.62 bits per heavy atom. The summed E-state index contributed by atoms with van der Waals surface area (Å²) >= 11 is 0.